The van der Waals surface area contributed by atoms with E-state index in [0.29, 0.717) is 33.8 Å². The van der Waals surface area contributed by atoms with E-state index in [-0.39, 0.29) is 29.5 Å². The summed E-state index contributed by atoms with van der Waals surface area (Å²) in [6.07, 6.45) is 3.20. The van der Waals surface area contributed by atoms with Gasteiger partial charge in [-0.05, 0) is 48.9 Å². The third-order valence-corrected chi connectivity index (χ3v) is 4.74. The number of nitrogens with zero attached hydrogens (tertiary/aromatic N) is 4. The van der Waals surface area contributed by atoms with Crippen molar-refractivity contribution in [3.05, 3.63) is 83.7 Å². The molecule has 0 spiro atoms. The van der Waals surface area contributed by atoms with Gasteiger partial charge in [-0.15, -0.1) is 0 Å². The molecule has 0 atom stereocenters. The third kappa shape index (κ3) is 4.23. The first-order valence-corrected chi connectivity index (χ1v) is 9.51. The topological polar surface area (TPSA) is 121 Å². The molecule has 0 radical (unpaired) electrons. The van der Waals surface area contributed by atoms with Gasteiger partial charge in [0.25, 0.3) is 0 Å². The van der Waals surface area contributed by atoms with Gasteiger partial charge in [0, 0.05) is 35.6 Å². The molecule has 0 aliphatic heterocycles. The lowest BCUT2D eigenvalue weighted by atomic mass is 9.99. The predicted molar refractivity (Wildman–Crippen MR) is 116 cm³/mol. The number of aromatic nitrogens is 4. The van der Waals surface area contributed by atoms with Crippen LogP contribution in [0.2, 0.25) is 0 Å². The smallest absolute Gasteiger partial charge is 0.220 e. The molecule has 0 amide bonds. The number of benzene rings is 1. The molecule has 0 saturated carbocycles. The number of pyridine rings is 2. The van der Waals surface area contributed by atoms with Gasteiger partial charge in [0.2, 0.25) is 5.95 Å². The van der Waals surface area contributed by atoms with Crippen molar-refractivity contribution in [2.45, 2.75) is 13.3 Å². The fourth-order valence-electron chi connectivity index (χ4n) is 3.32. The second kappa shape index (κ2) is 8.27. The number of nitrogens with two attached hydrogens (primary N) is 2. The number of hydrogen-bond acceptors (Lipinski definition) is 7. The summed E-state index contributed by atoms with van der Waals surface area (Å²) in [6, 6.07) is 12.9. The molecule has 0 saturated heterocycles. The summed E-state index contributed by atoms with van der Waals surface area (Å²) in [4.78, 5) is 29.9. The largest absolute Gasteiger partial charge is 0.397 e. The second-order valence-electron chi connectivity index (χ2n) is 7.00. The maximum absolute atomic E-state index is 14.2. The van der Waals surface area contributed by atoms with Crippen molar-refractivity contribution in [2.24, 2.45) is 0 Å². The zero-order valence-corrected chi connectivity index (χ0v) is 16.7. The number of aryl methyl sites for hydroxylation is 1. The number of hydrogen-bond donors (Lipinski definition) is 2. The fourth-order valence-corrected chi connectivity index (χ4v) is 3.32. The maximum atomic E-state index is 14.2. The van der Waals surface area contributed by atoms with E-state index in [2.05, 4.69) is 19.9 Å². The van der Waals surface area contributed by atoms with Crippen molar-refractivity contribution in [2.75, 3.05) is 11.5 Å². The molecule has 8 heteroatoms. The Hall–Kier alpha value is -4.20. The molecule has 3 heterocycles. The van der Waals surface area contributed by atoms with E-state index in [0.717, 1.165) is 0 Å². The van der Waals surface area contributed by atoms with E-state index in [9.17, 15) is 9.18 Å². The van der Waals surface area contributed by atoms with Crippen molar-refractivity contribution in [1.82, 2.24) is 19.9 Å². The molecule has 1 aromatic carbocycles. The summed E-state index contributed by atoms with van der Waals surface area (Å²) in [5, 5.41) is 0. The van der Waals surface area contributed by atoms with Gasteiger partial charge in [0.15, 0.2) is 5.78 Å². The van der Waals surface area contributed by atoms with Crippen molar-refractivity contribution < 1.29 is 9.18 Å². The van der Waals surface area contributed by atoms with Crippen molar-refractivity contribution >= 4 is 17.4 Å². The van der Waals surface area contributed by atoms with E-state index in [1.165, 1.54) is 6.07 Å². The standard InChI is InChI=1S/C23H19FN6O/c1-13-10-20(30-23(26)28-13)15-8-9-27-12-14(15)11-21(31)22-18(25)6-7-19(29-22)16-4-2-3-5-17(16)24/h2-10,12H,11,25H2,1H3,(H2,26,28,30). The van der Waals surface area contributed by atoms with Crippen molar-refractivity contribution in [1.29, 1.82) is 0 Å². The van der Waals surface area contributed by atoms with Crippen LogP contribution in [0.4, 0.5) is 16.0 Å². The van der Waals surface area contributed by atoms with Gasteiger partial charge in [-0.3, -0.25) is 9.78 Å². The minimum atomic E-state index is -0.426. The number of Topliss-reactive ketones (excluding diaryl/α,β-unsaturated/α-hetero) is 1. The van der Waals surface area contributed by atoms with Crippen molar-refractivity contribution in [3.8, 4) is 22.5 Å². The lowest BCUT2D eigenvalue weighted by molar-refractivity contribution is 0.0989. The molecule has 0 aliphatic rings. The predicted octanol–water partition coefficient (Wildman–Crippen LogP) is 3.64. The Kier molecular flexibility index (Phi) is 5.36. The second-order valence-corrected chi connectivity index (χ2v) is 7.00. The first kappa shape index (κ1) is 20.1. The van der Waals surface area contributed by atoms with Crippen LogP contribution >= 0.6 is 0 Å². The Balaban J connectivity index is 1.70. The zero-order chi connectivity index (χ0) is 22.0. The average molecular weight is 414 g/mol. The van der Waals surface area contributed by atoms with Gasteiger partial charge in [-0.2, -0.15) is 0 Å². The zero-order valence-electron chi connectivity index (χ0n) is 16.7. The minimum Gasteiger partial charge on any atom is -0.397 e. The Labute approximate surface area is 178 Å². The number of anilines is 2. The van der Waals surface area contributed by atoms with Crippen molar-refractivity contribution in [3.63, 3.8) is 0 Å². The molecule has 0 fully saturated rings. The van der Waals surface area contributed by atoms with E-state index in [1.807, 2.05) is 6.92 Å². The maximum Gasteiger partial charge on any atom is 0.220 e. The first-order chi connectivity index (χ1) is 14.9. The molecule has 31 heavy (non-hydrogen) atoms. The number of halogens is 1. The van der Waals surface area contributed by atoms with Crippen LogP contribution < -0.4 is 11.5 Å². The SMILES string of the molecule is Cc1cc(-c2ccncc2CC(=O)c2nc(-c3ccccc3F)ccc2N)nc(N)n1. The van der Waals surface area contributed by atoms with Crippen LogP contribution in [0.3, 0.4) is 0 Å². The molecule has 0 unspecified atom stereocenters. The van der Waals surface area contributed by atoms with Gasteiger partial charge in [-0.1, -0.05) is 12.1 Å². The van der Waals surface area contributed by atoms with E-state index in [4.69, 9.17) is 11.5 Å². The summed E-state index contributed by atoms with van der Waals surface area (Å²) in [7, 11) is 0. The van der Waals surface area contributed by atoms with Crippen LogP contribution in [-0.2, 0) is 6.42 Å². The lowest BCUT2D eigenvalue weighted by Gasteiger charge is -2.11. The Morgan fingerprint density at radius 2 is 1.77 bits per heavy atom. The molecule has 0 aliphatic carbocycles. The van der Waals surface area contributed by atoms with Gasteiger partial charge in [-0.25, -0.2) is 19.3 Å². The summed E-state index contributed by atoms with van der Waals surface area (Å²) in [5.41, 5.74) is 15.4. The summed E-state index contributed by atoms with van der Waals surface area (Å²) in [6.45, 7) is 1.81. The highest BCUT2D eigenvalue weighted by Crippen LogP contribution is 2.26. The molecule has 0 bridgehead atoms. The summed E-state index contributed by atoms with van der Waals surface area (Å²) < 4.78 is 14.2. The van der Waals surface area contributed by atoms with E-state index < -0.39 is 5.82 Å². The number of nitrogen functional groups attached to an aromatic ring is 2. The highest BCUT2D eigenvalue weighted by Gasteiger charge is 2.18. The molecular weight excluding hydrogens is 395 g/mol. The summed E-state index contributed by atoms with van der Waals surface area (Å²) in [5.74, 6) is -0.597. The number of carbonyl (C=O) groups excluding carboxylic acids is 1. The molecule has 4 rings (SSSR count). The van der Waals surface area contributed by atoms with Crippen LogP contribution in [0.25, 0.3) is 22.5 Å². The van der Waals surface area contributed by atoms with Gasteiger partial charge < -0.3 is 11.5 Å². The molecule has 4 aromatic rings. The van der Waals surface area contributed by atoms with Gasteiger partial charge >= 0.3 is 0 Å². The molecule has 154 valence electrons. The minimum absolute atomic E-state index is 0.00987. The number of rotatable bonds is 5. The lowest BCUT2D eigenvalue weighted by Crippen LogP contribution is -2.11. The van der Waals surface area contributed by atoms with Gasteiger partial charge in [0.1, 0.15) is 11.5 Å². The highest BCUT2D eigenvalue weighted by atomic mass is 19.1. The van der Waals surface area contributed by atoms with E-state index >= 15 is 0 Å². The Bertz CT molecular complexity index is 1270. The molecular formula is C23H19FN6O. The quantitative estimate of drug-likeness (QED) is 0.478. The molecule has 4 N–H and O–H groups in total. The Morgan fingerprint density at radius 1 is 0.968 bits per heavy atom. The highest BCUT2D eigenvalue weighted by molar-refractivity contribution is 6.01. The van der Waals surface area contributed by atoms with Crippen LogP contribution in [0.1, 0.15) is 21.7 Å². The monoisotopic (exact) mass is 414 g/mol. The van der Waals surface area contributed by atoms with Gasteiger partial charge in [0.05, 0.1) is 17.1 Å². The average Bonchev–Trinajstić information content (AvgIpc) is 2.74. The number of carbonyl (C=O) groups is 1. The normalized spacial score (nSPS) is 10.8. The van der Waals surface area contributed by atoms with Crippen LogP contribution in [0.15, 0.2) is 60.9 Å². The van der Waals surface area contributed by atoms with Crippen LogP contribution in [0, 0.1) is 12.7 Å². The Morgan fingerprint density at radius 3 is 2.55 bits per heavy atom. The van der Waals surface area contributed by atoms with Crippen LogP contribution in [-0.4, -0.2) is 25.7 Å². The fraction of sp³-hybridized carbons (Fsp3) is 0.0870. The molecule has 7 nitrogen and oxygen atoms in total. The summed E-state index contributed by atoms with van der Waals surface area (Å²) >= 11 is 0. The number of ketones is 1. The first-order valence-electron chi connectivity index (χ1n) is 9.51. The third-order valence-electron chi connectivity index (χ3n) is 4.74. The van der Waals surface area contributed by atoms with E-state index in [1.54, 1.807) is 54.9 Å². The van der Waals surface area contributed by atoms with Crippen LogP contribution in [0.5, 0.6) is 0 Å². The molecule has 3 aromatic heterocycles.